The van der Waals surface area contributed by atoms with Gasteiger partial charge < -0.3 is 10.2 Å². The van der Waals surface area contributed by atoms with Crippen LogP contribution in [0.3, 0.4) is 0 Å². The van der Waals surface area contributed by atoms with E-state index >= 15 is 0 Å². The molecule has 1 aromatic carbocycles. The summed E-state index contributed by atoms with van der Waals surface area (Å²) in [6.07, 6.45) is 2.54. The maximum Gasteiger partial charge on any atom is 0.321 e. The van der Waals surface area contributed by atoms with Gasteiger partial charge in [-0.05, 0) is 44.0 Å². The number of nitrogens with zero attached hydrogens (tertiary/aromatic N) is 3. The second-order valence-electron chi connectivity index (χ2n) is 7.16. The van der Waals surface area contributed by atoms with Crippen LogP contribution < -0.4 is 5.32 Å². The number of pyridine rings is 1. The maximum atomic E-state index is 13.4. The van der Waals surface area contributed by atoms with E-state index in [4.69, 9.17) is 0 Å². The number of rotatable bonds is 5. The summed E-state index contributed by atoms with van der Waals surface area (Å²) in [7, 11) is -1.54. The number of amides is 2. The molecular weight excluding hydrogens is 414 g/mol. The summed E-state index contributed by atoms with van der Waals surface area (Å²) >= 11 is 0. The van der Waals surface area contributed by atoms with E-state index in [1.165, 1.54) is 22.6 Å². The standard InChI is InChI=1S/C20H24F2N4O3S/c1-3-30(28,29)26-8-6-18(7-9-26)25(2)20(27)24-17-4-5-19(23-13-17)14-10-15(21)12-16(22)11-14/h4-5,10-13,18H,3,6-9H2,1-2H3,(H,24,27). The van der Waals surface area contributed by atoms with Gasteiger partial charge in [0.15, 0.2) is 0 Å². The van der Waals surface area contributed by atoms with Crippen molar-refractivity contribution in [3.63, 3.8) is 0 Å². The quantitative estimate of drug-likeness (QED) is 0.777. The fourth-order valence-corrected chi connectivity index (χ4v) is 4.54. The lowest BCUT2D eigenvalue weighted by atomic mass is 10.1. The predicted octanol–water partition coefficient (Wildman–Crippen LogP) is 3.30. The molecule has 30 heavy (non-hydrogen) atoms. The van der Waals surface area contributed by atoms with Gasteiger partial charge in [0.2, 0.25) is 10.0 Å². The van der Waals surface area contributed by atoms with Crippen LogP contribution in [0.25, 0.3) is 11.3 Å². The number of halogens is 2. The van der Waals surface area contributed by atoms with Crippen molar-refractivity contribution in [1.82, 2.24) is 14.2 Å². The monoisotopic (exact) mass is 438 g/mol. The van der Waals surface area contributed by atoms with Crippen molar-refractivity contribution in [1.29, 1.82) is 0 Å². The fraction of sp³-hybridized carbons (Fsp3) is 0.400. The number of hydrogen-bond donors (Lipinski definition) is 1. The molecule has 7 nitrogen and oxygen atoms in total. The van der Waals surface area contributed by atoms with E-state index in [9.17, 15) is 22.0 Å². The average molecular weight is 439 g/mol. The summed E-state index contributed by atoms with van der Waals surface area (Å²) in [6, 6.07) is 5.92. The zero-order valence-electron chi connectivity index (χ0n) is 16.8. The Morgan fingerprint density at radius 2 is 1.83 bits per heavy atom. The van der Waals surface area contributed by atoms with Crippen molar-refractivity contribution in [2.75, 3.05) is 31.2 Å². The fourth-order valence-electron chi connectivity index (χ4n) is 3.41. The Balaban J connectivity index is 1.59. The van der Waals surface area contributed by atoms with Crippen molar-refractivity contribution in [2.45, 2.75) is 25.8 Å². The van der Waals surface area contributed by atoms with Crippen LogP contribution >= 0.6 is 0 Å². The van der Waals surface area contributed by atoms with E-state index in [0.29, 0.717) is 42.9 Å². The lowest BCUT2D eigenvalue weighted by molar-refractivity contribution is 0.174. The third-order valence-corrected chi connectivity index (χ3v) is 7.10. The number of piperidine rings is 1. The number of hydrogen-bond acceptors (Lipinski definition) is 4. The highest BCUT2D eigenvalue weighted by Crippen LogP contribution is 2.22. The van der Waals surface area contributed by atoms with E-state index in [1.54, 1.807) is 31.0 Å². The molecule has 3 rings (SSSR count). The average Bonchev–Trinajstić information content (AvgIpc) is 2.73. The number of anilines is 1. The number of urea groups is 1. The van der Waals surface area contributed by atoms with Crippen LogP contribution in [0, 0.1) is 11.6 Å². The van der Waals surface area contributed by atoms with Gasteiger partial charge >= 0.3 is 6.03 Å². The molecule has 0 atom stereocenters. The molecule has 1 aliphatic heterocycles. The summed E-state index contributed by atoms with van der Waals surface area (Å²) in [5.74, 6) is -1.31. The van der Waals surface area contributed by atoms with Crippen molar-refractivity contribution < 1.29 is 22.0 Å². The number of aromatic nitrogens is 1. The highest BCUT2D eigenvalue weighted by Gasteiger charge is 2.30. The third kappa shape index (κ3) is 5.11. The Morgan fingerprint density at radius 3 is 2.37 bits per heavy atom. The molecule has 10 heteroatoms. The van der Waals surface area contributed by atoms with Crippen LogP contribution in [0.15, 0.2) is 36.5 Å². The van der Waals surface area contributed by atoms with Crippen molar-refractivity contribution in [3.8, 4) is 11.3 Å². The molecule has 1 aromatic heterocycles. The van der Waals surface area contributed by atoms with E-state index in [2.05, 4.69) is 10.3 Å². The van der Waals surface area contributed by atoms with Crippen LogP contribution in [0.1, 0.15) is 19.8 Å². The first-order valence-electron chi connectivity index (χ1n) is 9.63. The van der Waals surface area contributed by atoms with Gasteiger partial charge in [-0.1, -0.05) is 0 Å². The molecule has 2 heterocycles. The van der Waals surface area contributed by atoms with Gasteiger partial charge in [0.05, 0.1) is 23.3 Å². The second kappa shape index (κ2) is 9.05. The molecular formula is C20H24F2N4O3S. The zero-order valence-corrected chi connectivity index (χ0v) is 17.6. The summed E-state index contributed by atoms with van der Waals surface area (Å²) in [5, 5.41) is 2.74. The molecule has 0 saturated carbocycles. The van der Waals surface area contributed by atoms with Crippen LogP contribution in [0.5, 0.6) is 0 Å². The predicted molar refractivity (Wildman–Crippen MR) is 110 cm³/mol. The van der Waals surface area contributed by atoms with Crippen LogP contribution in [-0.4, -0.2) is 60.6 Å². The van der Waals surface area contributed by atoms with Crippen molar-refractivity contribution in [3.05, 3.63) is 48.2 Å². The molecule has 0 unspecified atom stereocenters. The molecule has 1 N–H and O–H groups in total. The van der Waals surface area contributed by atoms with Crippen LogP contribution in [0.4, 0.5) is 19.3 Å². The summed E-state index contributed by atoms with van der Waals surface area (Å²) in [4.78, 5) is 18.3. The maximum absolute atomic E-state index is 13.4. The van der Waals surface area contributed by atoms with Gasteiger partial charge in [0.1, 0.15) is 11.6 Å². The first kappa shape index (κ1) is 22.1. The van der Waals surface area contributed by atoms with Gasteiger partial charge in [-0.25, -0.2) is 26.3 Å². The summed E-state index contributed by atoms with van der Waals surface area (Å²) in [5.41, 5.74) is 1.12. The number of carbonyl (C=O) groups is 1. The van der Waals surface area contributed by atoms with Crippen LogP contribution in [0.2, 0.25) is 0 Å². The minimum atomic E-state index is -3.21. The zero-order chi connectivity index (χ0) is 21.9. The normalized spacial score (nSPS) is 15.7. The smallest absolute Gasteiger partial charge is 0.321 e. The second-order valence-corrected chi connectivity index (χ2v) is 9.42. The molecule has 0 bridgehead atoms. The van der Waals surface area contributed by atoms with E-state index < -0.39 is 21.7 Å². The molecule has 2 aromatic rings. The highest BCUT2D eigenvalue weighted by molar-refractivity contribution is 7.89. The highest BCUT2D eigenvalue weighted by atomic mass is 32.2. The van der Waals surface area contributed by atoms with Gasteiger partial charge in [-0.2, -0.15) is 0 Å². The van der Waals surface area contributed by atoms with Gasteiger partial charge in [0, 0.05) is 37.8 Å². The Kier molecular flexibility index (Phi) is 6.67. The number of carbonyl (C=O) groups excluding carboxylic acids is 1. The lowest BCUT2D eigenvalue weighted by Gasteiger charge is -2.35. The number of benzene rings is 1. The van der Waals surface area contributed by atoms with Crippen molar-refractivity contribution >= 4 is 21.7 Å². The Morgan fingerprint density at radius 1 is 1.20 bits per heavy atom. The Hall–Kier alpha value is -2.59. The SMILES string of the molecule is CCS(=O)(=O)N1CCC(N(C)C(=O)Nc2ccc(-c3cc(F)cc(F)c3)nc2)CC1. The van der Waals surface area contributed by atoms with Gasteiger partial charge in [-0.15, -0.1) is 0 Å². The van der Waals surface area contributed by atoms with Crippen molar-refractivity contribution in [2.24, 2.45) is 0 Å². The molecule has 1 aliphatic rings. The Labute approximate surface area is 174 Å². The molecule has 0 aliphatic carbocycles. The van der Waals surface area contributed by atoms with Gasteiger partial charge in [-0.3, -0.25) is 4.98 Å². The minimum Gasteiger partial charge on any atom is -0.325 e. The number of sulfonamides is 1. The largest absolute Gasteiger partial charge is 0.325 e. The van der Waals surface area contributed by atoms with E-state index in [-0.39, 0.29) is 17.8 Å². The summed E-state index contributed by atoms with van der Waals surface area (Å²) < 4.78 is 52.1. The topological polar surface area (TPSA) is 82.6 Å². The Bertz CT molecular complexity index is 987. The molecule has 1 saturated heterocycles. The molecule has 162 valence electrons. The van der Waals surface area contributed by atoms with E-state index in [1.807, 2.05) is 0 Å². The number of nitrogens with one attached hydrogen (secondary N) is 1. The first-order valence-corrected chi connectivity index (χ1v) is 11.2. The molecule has 2 amide bonds. The van der Waals surface area contributed by atoms with Gasteiger partial charge in [0.25, 0.3) is 0 Å². The third-order valence-electron chi connectivity index (χ3n) is 5.22. The molecule has 0 spiro atoms. The molecule has 1 fully saturated rings. The molecule has 0 radical (unpaired) electrons. The lowest BCUT2D eigenvalue weighted by Crippen LogP contribution is -2.48. The van der Waals surface area contributed by atoms with E-state index in [0.717, 1.165) is 6.07 Å². The first-order chi connectivity index (χ1) is 14.2. The van der Waals surface area contributed by atoms with Crippen LogP contribution in [-0.2, 0) is 10.0 Å². The summed E-state index contributed by atoms with van der Waals surface area (Å²) in [6.45, 7) is 2.39. The minimum absolute atomic E-state index is 0.0687.